The van der Waals surface area contributed by atoms with Crippen molar-refractivity contribution in [1.82, 2.24) is 4.90 Å². The van der Waals surface area contributed by atoms with Gasteiger partial charge in [0.15, 0.2) is 11.5 Å². The number of hydrogen-bond acceptors (Lipinski definition) is 3. The maximum atomic E-state index is 12.2. The smallest absolute Gasteiger partial charge is 0.289 e. The van der Waals surface area contributed by atoms with Crippen molar-refractivity contribution < 1.29 is 14.0 Å². The summed E-state index contributed by atoms with van der Waals surface area (Å²) in [5, 5.41) is 0. The lowest BCUT2D eigenvalue weighted by Gasteiger charge is -2.25. The third kappa shape index (κ3) is 1.96. The Morgan fingerprint density at radius 1 is 1.11 bits per heavy atom. The summed E-state index contributed by atoms with van der Waals surface area (Å²) in [5.74, 6) is 1.10. The van der Waals surface area contributed by atoms with Gasteiger partial charge in [0, 0.05) is 32.0 Å². The highest BCUT2D eigenvalue weighted by Gasteiger charge is 2.27. The van der Waals surface area contributed by atoms with Crippen LogP contribution in [0.2, 0.25) is 0 Å². The fraction of sp³-hybridized carbons (Fsp3) is 0.571. The third-order valence-corrected chi connectivity index (χ3v) is 3.77. The summed E-state index contributed by atoms with van der Waals surface area (Å²) in [6.45, 7) is 1.61. The van der Waals surface area contributed by atoms with Gasteiger partial charge < -0.3 is 9.32 Å². The summed E-state index contributed by atoms with van der Waals surface area (Å²) in [6.07, 6.45) is 5.49. The molecule has 1 aliphatic heterocycles. The van der Waals surface area contributed by atoms with E-state index in [0.717, 1.165) is 38.8 Å². The van der Waals surface area contributed by atoms with Gasteiger partial charge in [0.1, 0.15) is 5.76 Å². The van der Waals surface area contributed by atoms with Gasteiger partial charge in [-0.25, -0.2) is 0 Å². The largest absolute Gasteiger partial charge is 0.455 e. The van der Waals surface area contributed by atoms with E-state index in [9.17, 15) is 9.59 Å². The summed E-state index contributed by atoms with van der Waals surface area (Å²) in [6, 6.07) is 1.65. The molecular weight excluding hydrogens is 230 g/mol. The van der Waals surface area contributed by atoms with Crippen molar-refractivity contribution in [2.24, 2.45) is 0 Å². The molecule has 4 nitrogen and oxygen atoms in total. The minimum Gasteiger partial charge on any atom is -0.455 e. The molecule has 1 aromatic heterocycles. The quantitative estimate of drug-likeness (QED) is 0.765. The zero-order valence-corrected chi connectivity index (χ0v) is 10.4. The van der Waals surface area contributed by atoms with Crippen molar-refractivity contribution in [2.75, 3.05) is 13.1 Å². The second kappa shape index (κ2) is 4.59. The normalized spacial score (nSPS) is 19.8. The first-order chi connectivity index (χ1) is 8.75. The van der Waals surface area contributed by atoms with E-state index in [4.69, 9.17) is 4.42 Å². The molecular formula is C14H17NO3. The fourth-order valence-corrected chi connectivity index (χ4v) is 2.75. The average molecular weight is 247 g/mol. The standard InChI is InChI=1S/C14H17NO3/c16-11-5-4-6-12-10(11)9-13(18-12)14(17)15-7-2-1-3-8-15/h9H,1-8H2. The molecule has 1 aliphatic carbocycles. The van der Waals surface area contributed by atoms with Gasteiger partial charge in [-0.05, 0) is 25.7 Å². The maximum absolute atomic E-state index is 12.2. The van der Waals surface area contributed by atoms with Crippen LogP contribution in [0, 0.1) is 0 Å². The predicted molar refractivity (Wildman–Crippen MR) is 65.7 cm³/mol. The molecule has 0 saturated carbocycles. The molecule has 96 valence electrons. The molecule has 0 unspecified atom stereocenters. The van der Waals surface area contributed by atoms with Crippen LogP contribution in [0.25, 0.3) is 0 Å². The number of ketones is 1. The zero-order valence-electron chi connectivity index (χ0n) is 10.4. The Balaban J connectivity index is 1.84. The van der Waals surface area contributed by atoms with Crippen LogP contribution in [0.15, 0.2) is 10.5 Å². The molecule has 18 heavy (non-hydrogen) atoms. The number of hydrogen-bond donors (Lipinski definition) is 0. The molecule has 0 aromatic carbocycles. The monoisotopic (exact) mass is 247 g/mol. The Morgan fingerprint density at radius 3 is 2.61 bits per heavy atom. The molecule has 2 heterocycles. The van der Waals surface area contributed by atoms with Crippen molar-refractivity contribution in [2.45, 2.75) is 38.5 Å². The number of fused-ring (bicyclic) bond motifs is 1. The van der Waals surface area contributed by atoms with Crippen LogP contribution in [0.4, 0.5) is 0 Å². The van der Waals surface area contributed by atoms with Gasteiger partial charge in [0.25, 0.3) is 5.91 Å². The summed E-state index contributed by atoms with van der Waals surface area (Å²) in [5.41, 5.74) is 0.626. The number of furan rings is 1. The van der Waals surface area contributed by atoms with E-state index in [1.54, 1.807) is 6.07 Å². The molecule has 0 spiro atoms. The number of amides is 1. The predicted octanol–water partition coefficient (Wildman–Crippen LogP) is 2.42. The van der Waals surface area contributed by atoms with Gasteiger partial charge in [-0.3, -0.25) is 9.59 Å². The molecule has 1 amide bonds. The SMILES string of the molecule is O=C1CCCc2oc(C(=O)N3CCCCC3)cc21. The summed E-state index contributed by atoms with van der Waals surface area (Å²) in [4.78, 5) is 25.8. The van der Waals surface area contributed by atoms with Gasteiger partial charge in [0.05, 0.1) is 5.56 Å². The van der Waals surface area contributed by atoms with Gasteiger partial charge in [0.2, 0.25) is 0 Å². The highest BCUT2D eigenvalue weighted by Crippen LogP contribution is 2.26. The Labute approximate surface area is 106 Å². The molecule has 1 aromatic rings. The van der Waals surface area contributed by atoms with Crippen LogP contribution in [0.3, 0.4) is 0 Å². The van der Waals surface area contributed by atoms with Gasteiger partial charge in [-0.2, -0.15) is 0 Å². The molecule has 1 fully saturated rings. The van der Waals surface area contributed by atoms with E-state index in [2.05, 4.69) is 0 Å². The van der Waals surface area contributed by atoms with Crippen molar-refractivity contribution in [3.05, 3.63) is 23.2 Å². The Morgan fingerprint density at radius 2 is 1.89 bits per heavy atom. The van der Waals surface area contributed by atoms with E-state index in [1.807, 2.05) is 4.90 Å². The lowest BCUT2D eigenvalue weighted by molar-refractivity contribution is 0.0689. The average Bonchev–Trinajstić information content (AvgIpc) is 2.84. The van der Waals surface area contributed by atoms with Crippen molar-refractivity contribution >= 4 is 11.7 Å². The minimum atomic E-state index is -0.0584. The Hall–Kier alpha value is -1.58. The van der Waals surface area contributed by atoms with Gasteiger partial charge >= 0.3 is 0 Å². The maximum Gasteiger partial charge on any atom is 0.289 e. The number of carbonyl (C=O) groups is 2. The molecule has 0 N–H and O–H groups in total. The van der Waals surface area contributed by atoms with Gasteiger partial charge in [-0.15, -0.1) is 0 Å². The summed E-state index contributed by atoms with van der Waals surface area (Å²) >= 11 is 0. The van der Waals surface area contributed by atoms with E-state index in [0.29, 0.717) is 23.5 Å². The van der Waals surface area contributed by atoms with Crippen LogP contribution in [-0.4, -0.2) is 29.7 Å². The number of carbonyl (C=O) groups excluding carboxylic acids is 2. The van der Waals surface area contributed by atoms with Crippen LogP contribution < -0.4 is 0 Å². The topological polar surface area (TPSA) is 50.5 Å². The first kappa shape index (κ1) is 11.5. The molecule has 0 bridgehead atoms. The highest BCUT2D eigenvalue weighted by atomic mass is 16.4. The Kier molecular flexibility index (Phi) is 2.94. The molecule has 1 saturated heterocycles. The second-order valence-corrected chi connectivity index (χ2v) is 5.08. The van der Waals surface area contributed by atoms with E-state index in [1.165, 1.54) is 6.42 Å². The molecule has 2 aliphatic rings. The molecule has 0 radical (unpaired) electrons. The lowest BCUT2D eigenvalue weighted by atomic mass is 9.97. The first-order valence-electron chi connectivity index (χ1n) is 6.71. The highest BCUT2D eigenvalue weighted by molar-refractivity contribution is 6.01. The number of nitrogens with zero attached hydrogens (tertiary/aromatic N) is 1. The van der Waals surface area contributed by atoms with E-state index < -0.39 is 0 Å². The van der Waals surface area contributed by atoms with E-state index >= 15 is 0 Å². The summed E-state index contributed by atoms with van der Waals surface area (Å²) < 4.78 is 5.58. The van der Waals surface area contributed by atoms with Crippen molar-refractivity contribution in [1.29, 1.82) is 0 Å². The summed E-state index contributed by atoms with van der Waals surface area (Å²) in [7, 11) is 0. The minimum absolute atomic E-state index is 0.0584. The molecule has 3 rings (SSSR count). The van der Waals surface area contributed by atoms with Crippen molar-refractivity contribution in [3.63, 3.8) is 0 Å². The van der Waals surface area contributed by atoms with Crippen LogP contribution >= 0.6 is 0 Å². The third-order valence-electron chi connectivity index (χ3n) is 3.77. The number of rotatable bonds is 1. The second-order valence-electron chi connectivity index (χ2n) is 5.08. The first-order valence-corrected chi connectivity index (χ1v) is 6.71. The fourth-order valence-electron chi connectivity index (χ4n) is 2.75. The number of Topliss-reactive ketones (excluding diaryl/α,β-unsaturated/α-hetero) is 1. The van der Waals surface area contributed by atoms with Crippen molar-refractivity contribution in [3.8, 4) is 0 Å². The van der Waals surface area contributed by atoms with E-state index in [-0.39, 0.29) is 11.7 Å². The lowest BCUT2D eigenvalue weighted by Crippen LogP contribution is -2.35. The molecule has 4 heteroatoms. The number of piperidine rings is 1. The van der Waals surface area contributed by atoms with Crippen LogP contribution in [-0.2, 0) is 6.42 Å². The van der Waals surface area contributed by atoms with Gasteiger partial charge in [-0.1, -0.05) is 0 Å². The Bertz CT molecular complexity index is 483. The van der Waals surface area contributed by atoms with Crippen LogP contribution in [0.1, 0.15) is 58.8 Å². The molecule has 0 atom stereocenters. The number of aryl methyl sites for hydroxylation is 1. The van der Waals surface area contributed by atoms with Crippen LogP contribution in [0.5, 0.6) is 0 Å². The number of likely N-dealkylation sites (tertiary alicyclic amines) is 1. The zero-order chi connectivity index (χ0) is 12.5.